The normalized spacial score (nSPS) is 17.6. The van der Waals surface area contributed by atoms with E-state index in [1.54, 1.807) is 12.4 Å². The van der Waals surface area contributed by atoms with Gasteiger partial charge >= 0.3 is 0 Å². The van der Waals surface area contributed by atoms with Crippen LogP contribution in [-0.2, 0) is 11.2 Å². The molecule has 1 saturated carbocycles. The van der Waals surface area contributed by atoms with E-state index in [0.29, 0.717) is 25.8 Å². The van der Waals surface area contributed by atoms with Crippen molar-refractivity contribution >= 4 is 11.7 Å². The molecule has 1 aliphatic carbocycles. The van der Waals surface area contributed by atoms with Gasteiger partial charge in [0.1, 0.15) is 5.41 Å². The zero-order chi connectivity index (χ0) is 13.7. The lowest BCUT2D eigenvalue weighted by Gasteiger charge is -2.38. The molecule has 0 bridgehead atoms. The zero-order valence-corrected chi connectivity index (χ0v) is 10.7. The number of rotatable bonds is 5. The van der Waals surface area contributed by atoms with Crippen molar-refractivity contribution in [3.8, 4) is 0 Å². The maximum absolute atomic E-state index is 12.1. The van der Waals surface area contributed by atoms with Crippen LogP contribution in [0.25, 0.3) is 0 Å². The molecule has 0 unspecified atom stereocenters. The third kappa shape index (κ3) is 2.67. The summed E-state index contributed by atoms with van der Waals surface area (Å²) in [5, 5.41) is 14.6. The number of carbonyl (C=O) groups excluding carboxylic acids is 1. The quantitative estimate of drug-likeness (QED) is 0.314. The fourth-order valence-corrected chi connectivity index (χ4v) is 2.26. The van der Waals surface area contributed by atoms with Crippen molar-refractivity contribution < 1.29 is 10.0 Å². The smallest absolute Gasteiger partial charge is 0.233 e. The van der Waals surface area contributed by atoms with Crippen molar-refractivity contribution in [1.29, 1.82) is 0 Å². The van der Waals surface area contributed by atoms with Crippen LogP contribution >= 0.6 is 0 Å². The highest BCUT2D eigenvalue weighted by atomic mass is 16.4. The first kappa shape index (κ1) is 13.3. The Labute approximate surface area is 111 Å². The van der Waals surface area contributed by atoms with Gasteiger partial charge in [-0.05, 0) is 30.9 Å². The van der Waals surface area contributed by atoms with Gasteiger partial charge in [-0.15, -0.1) is 0 Å². The topological polar surface area (TPSA) is 101 Å². The van der Waals surface area contributed by atoms with Gasteiger partial charge in [0.15, 0.2) is 5.84 Å². The molecule has 0 radical (unpaired) electrons. The Kier molecular flexibility index (Phi) is 3.99. The van der Waals surface area contributed by atoms with Gasteiger partial charge in [0.25, 0.3) is 0 Å². The number of nitrogens with zero attached hydrogens (tertiary/aromatic N) is 2. The van der Waals surface area contributed by atoms with Crippen LogP contribution in [0.3, 0.4) is 0 Å². The average Bonchev–Trinajstić information content (AvgIpc) is 2.38. The molecule has 6 heteroatoms. The third-order valence-corrected chi connectivity index (χ3v) is 3.66. The lowest BCUT2D eigenvalue weighted by Crippen LogP contribution is -2.54. The molecule has 19 heavy (non-hydrogen) atoms. The summed E-state index contributed by atoms with van der Waals surface area (Å²) in [6.07, 6.45) is 6.40. The molecule has 0 atom stereocenters. The van der Waals surface area contributed by atoms with Crippen LogP contribution in [0.4, 0.5) is 0 Å². The molecule has 1 aliphatic rings. The predicted octanol–water partition coefficient (Wildman–Crippen LogP) is 0.657. The molecule has 1 amide bonds. The lowest BCUT2D eigenvalue weighted by molar-refractivity contribution is -0.131. The second-order valence-electron chi connectivity index (χ2n) is 4.79. The molecule has 2 rings (SSSR count). The van der Waals surface area contributed by atoms with E-state index >= 15 is 0 Å². The molecule has 1 fully saturated rings. The molecule has 6 nitrogen and oxygen atoms in total. The second-order valence-corrected chi connectivity index (χ2v) is 4.79. The fourth-order valence-electron chi connectivity index (χ4n) is 2.26. The zero-order valence-electron chi connectivity index (χ0n) is 10.7. The van der Waals surface area contributed by atoms with Gasteiger partial charge in [0, 0.05) is 18.9 Å². The molecular weight excluding hydrogens is 244 g/mol. The van der Waals surface area contributed by atoms with Gasteiger partial charge < -0.3 is 16.3 Å². The van der Waals surface area contributed by atoms with Crippen molar-refractivity contribution in [1.82, 2.24) is 10.3 Å². The SMILES string of the molecule is N/C(=N/O)C1(C(=O)NCCc2cccnc2)CCC1. The number of amidine groups is 1. The number of nitrogens with two attached hydrogens (primary N) is 1. The van der Waals surface area contributed by atoms with Gasteiger partial charge in [-0.3, -0.25) is 9.78 Å². The Morgan fingerprint density at radius 3 is 2.89 bits per heavy atom. The highest BCUT2D eigenvalue weighted by Crippen LogP contribution is 2.41. The van der Waals surface area contributed by atoms with Crippen molar-refractivity contribution in [2.24, 2.45) is 16.3 Å². The first-order valence-corrected chi connectivity index (χ1v) is 6.34. The van der Waals surface area contributed by atoms with E-state index in [1.807, 2.05) is 12.1 Å². The van der Waals surface area contributed by atoms with E-state index in [4.69, 9.17) is 10.9 Å². The van der Waals surface area contributed by atoms with Gasteiger partial charge in [-0.1, -0.05) is 17.6 Å². The Bertz CT molecular complexity index is 469. The second kappa shape index (κ2) is 5.69. The van der Waals surface area contributed by atoms with Crippen LogP contribution in [-0.4, -0.2) is 28.5 Å². The van der Waals surface area contributed by atoms with Crippen LogP contribution in [0.1, 0.15) is 24.8 Å². The number of nitrogens with one attached hydrogen (secondary N) is 1. The molecule has 1 heterocycles. The van der Waals surface area contributed by atoms with Crippen LogP contribution in [0, 0.1) is 5.41 Å². The number of oxime groups is 1. The molecular formula is C13H18N4O2. The minimum Gasteiger partial charge on any atom is -0.409 e. The van der Waals surface area contributed by atoms with Crippen LogP contribution in [0.2, 0.25) is 0 Å². The summed E-state index contributed by atoms with van der Waals surface area (Å²) in [5.74, 6) is -0.143. The number of hydrogen-bond donors (Lipinski definition) is 3. The predicted molar refractivity (Wildman–Crippen MR) is 70.6 cm³/mol. The van der Waals surface area contributed by atoms with Gasteiger partial charge in [0.05, 0.1) is 0 Å². The average molecular weight is 262 g/mol. The van der Waals surface area contributed by atoms with Crippen molar-refractivity contribution in [3.05, 3.63) is 30.1 Å². The Hall–Kier alpha value is -2.11. The van der Waals surface area contributed by atoms with E-state index in [0.717, 1.165) is 12.0 Å². The Balaban J connectivity index is 1.87. The molecule has 1 aromatic heterocycles. The van der Waals surface area contributed by atoms with E-state index < -0.39 is 5.41 Å². The largest absolute Gasteiger partial charge is 0.409 e. The molecule has 0 spiro atoms. The number of pyridine rings is 1. The summed E-state index contributed by atoms with van der Waals surface area (Å²) in [4.78, 5) is 16.2. The van der Waals surface area contributed by atoms with Gasteiger partial charge in [-0.2, -0.15) is 0 Å². The highest BCUT2D eigenvalue weighted by Gasteiger charge is 2.48. The first-order valence-electron chi connectivity index (χ1n) is 6.34. The van der Waals surface area contributed by atoms with Crippen LogP contribution in [0.15, 0.2) is 29.7 Å². The number of amides is 1. The number of carbonyl (C=O) groups is 1. The standard InChI is InChI=1S/C13H18N4O2/c14-11(17-19)13(5-2-6-13)12(18)16-8-4-10-3-1-7-15-9-10/h1,3,7,9,19H,2,4-6,8H2,(H2,14,17)(H,16,18). The summed E-state index contributed by atoms with van der Waals surface area (Å²) >= 11 is 0. The molecule has 1 aromatic rings. The summed E-state index contributed by atoms with van der Waals surface area (Å²) in [6.45, 7) is 0.519. The molecule has 4 N–H and O–H groups in total. The Morgan fingerprint density at radius 2 is 2.37 bits per heavy atom. The minimum atomic E-state index is -0.802. The maximum atomic E-state index is 12.1. The minimum absolute atomic E-state index is 0.0117. The summed E-state index contributed by atoms with van der Waals surface area (Å²) in [7, 11) is 0. The highest BCUT2D eigenvalue weighted by molar-refractivity contribution is 6.07. The van der Waals surface area contributed by atoms with E-state index in [-0.39, 0.29) is 11.7 Å². The van der Waals surface area contributed by atoms with Gasteiger partial charge in [0.2, 0.25) is 5.91 Å². The Morgan fingerprint density at radius 1 is 1.58 bits per heavy atom. The maximum Gasteiger partial charge on any atom is 0.233 e. The van der Waals surface area contributed by atoms with Crippen molar-refractivity contribution in [2.75, 3.05) is 6.54 Å². The van der Waals surface area contributed by atoms with E-state index in [2.05, 4.69) is 15.5 Å². The molecule has 0 aromatic carbocycles. The first-order chi connectivity index (χ1) is 9.19. The molecule has 102 valence electrons. The molecule has 0 aliphatic heterocycles. The summed E-state index contributed by atoms with van der Waals surface area (Å²) < 4.78 is 0. The number of hydrogen-bond acceptors (Lipinski definition) is 4. The summed E-state index contributed by atoms with van der Waals surface area (Å²) in [6, 6.07) is 3.82. The summed E-state index contributed by atoms with van der Waals surface area (Å²) in [5.41, 5.74) is 5.89. The van der Waals surface area contributed by atoms with Crippen LogP contribution < -0.4 is 11.1 Å². The monoisotopic (exact) mass is 262 g/mol. The van der Waals surface area contributed by atoms with Crippen molar-refractivity contribution in [3.63, 3.8) is 0 Å². The number of aromatic nitrogens is 1. The van der Waals surface area contributed by atoms with Gasteiger partial charge in [-0.25, -0.2) is 0 Å². The molecule has 0 saturated heterocycles. The lowest BCUT2D eigenvalue weighted by atomic mass is 9.67. The van der Waals surface area contributed by atoms with E-state index in [9.17, 15) is 4.79 Å². The van der Waals surface area contributed by atoms with E-state index in [1.165, 1.54) is 0 Å². The van der Waals surface area contributed by atoms with Crippen LogP contribution in [0.5, 0.6) is 0 Å². The van der Waals surface area contributed by atoms with Crippen molar-refractivity contribution in [2.45, 2.75) is 25.7 Å². The fraction of sp³-hybridized carbons (Fsp3) is 0.462. The third-order valence-electron chi connectivity index (χ3n) is 3.66.